The van der Waals surface area contributed by atoms with Gasteiger partial charge in [0, 0.05) is 12.8 Å². The summed E-state index contributed by atoms with van der Waals surface area (Å²) < 4.78 is 28.1. The normalized spacial score (nSPS) is 30.5. The van der Waals surface area contributed by atoms with Crippen LogP contribution in [0.4, 0.5) is 0 Å². The molecule has 3 heterocycles. The van der Waals surface area contributed by atoms with Crippen molar-refractivity contribution in [1.29, 1.82) is 0 Å². The summed E-state index contributed by atoms with van der Waals surface area (Å²) in [6.07, 6.45) is 0.666. The van der Waals surface area contributed by atoms with Gasteiger partial charge in [-0.25, -0.2) is 0 Å². The third-order valence-electron chi connectivity index (χ3n) is 8.10. The van der Waals surface area contributed by atoms with Crippen LogP contribution in [0.5, 0.6) is 0 Å². The second-order valence-electron chi connectivity index (χ2n) is 12.2. The Bertz CT molecular complexity index is 1220. The first kappa shape index (κ1) is 31.4. The highest BCUT2D eigenvalue weighted by atomic mass is 16.8. The number of carbonyl (C=O) groups is 3. The number of ether oxygens (including phenoxy) is 5. The van der Waals surface area contributed by atoms with Gasteiger partial charge in [-0.1, -0.05) is 24.3 Å². The van der Waals surface area contributed by atoms with Gasteiger partial charge in [-0.3, -0.25) is 19.2 Å². The molecule has 0 radical (unpaired) electrons. The number of amides is 1. The van der Waals surface area contributed by atoms with Gasteiger partial charge in [0.15, 0.2) is 6.04 Å². The first-order valence-corrected chi connectivity index (χ1v) is 14.5. The summed E-state index contributed by atoms with van der Waals surface area (Å²) >= 11 is 0. The Morgan fingerprint density at radius 1 is 1.21 bits per heavy atom. The van der Waals surface area contributed by atoms with E-state index in [1.807, 2.05) is 24.3 Å². The number of hydrogen-bond acceptors (Lipinski definition) is 12. The van der Waals surface area contributed by atoms with Gasteiger partial charge >= 0.3 is 11.9 Å². The number of nitrogens with zero attached hydrogens (tertiary/aromatic N) is 1. The summed E-state index contributed by atoms with van der Waals surface area (Å²) in [5.74, 6) is -1.55. The van der Waals surface area contributed by atoms with E-state index in [-0.39, 0.29) is 45.8 Å². The SMILES string of the molecule is CC(C)(C)OC(=O)CC[C@@H](CO)NC(=O)[C@@]12C[C@H]3OC(=O)[C@@H]1N(Cc1ccccc1C=COCCO)O[C@@H]2[C@H]1OCO[C@H]13. The predicted molar refractivity (Wildman–Crippen MR) is 148 cm³/mol. The Hall–Kier alpha value is -3.07. The smallest absolute Gasteiger partial charge is 0.327 e. The molecule has 1 saturated carbocycles. The van der Waals surface area contributed by atoms with Gasteiger partial charge in [0.2, 0.25) is 5.91 Å². The van der Waals surface area contributed by atoms with Crippen LogP contribution in [0.3, 0.4) is 0 Å². The molecule has 3 aliphatic heterocycles. The van der Waals surface area contributed by atoms with Gasteiger partial charge in [0.25, 0.3) is 0 Å². The van der Waals surface area contributed by atoms with Crippen molar-refractivity contribution in [3.8, 4) is 0 Å². The van der Waals surface area contributed by atoms with E-state index in [1.165, 1.54) is 11.3 Å². The zero-order valence-corrected chi connectivity index (χ0v) is 24.6. The number of aliphatic hydroxyl groups excluding tert-OH is 2. The van der Waals surface area contributed by atoms with Gasteiger partial charge in [0.05, 0.1) is 32.1 Å². The summed E-state index contributed by atoms with van der Waals surface area (Å²) in [7, 11) is 0. The number of hydroxylamine groups is 2. The van der Waals surface area contributed by atoms with Gasteiger partial charge in [-0.15, -0.1) is 0 Å². The molecular weight excluding hydrogens is 564 g/mol. The highest BCUT2D eigenvalue weighted by Crippen LogP contribution is 2.55. The molecular formula is C30H40N2O11. The first-order valence-electron chi connectivity index (χ1n) is 14.5. The molecule has 236 valence electrons. The Morgan fingerprint density at radius 3 is 2.72 bits per heavy atom. The zero-order valence-electron chi connectivity index (χ0n) is 24.6. The summed E-state index contributed by atoms with van der Waals surface area (Å²) in [5.41, 5.74) is -0.473. The molecule has 1 aliphatic carbocycles. The number of fused-ring (bicyclic) bond motifs is 4. The Labute approximate surface area is 249 Å². The minimum atomic E-state index is -1.40. The number of rotatable bonds is 12. The van der Waals surface area contributed by atoms with Crippen molar-refractivity contribution < 1.29 is 53.1 Å². The van der Waals surface area contributed by atoms with E-state index in [4.69, 9.17) is 33.6 Å². The summed E-state index contributed by atoms with van der Waals surface area (Å²) in [5, 5.41) is 23.4. The van der Waals surface area contributed by atoms with E-state index in [1.54, 1.807) is 26.8 Å². The minimum Gasteiger partial charge on any atom is -0.499 e. The fraction of sp³-hybridized carbons (Fsp3) is 0.633. The number of hydrogen-bond donors (Lipinski definition) is 3. The monoisotopic (exact) mass is 604 g/mol. The molecule has 1 aromatic rings. The Balaban J connectivity index is 1.40. The maximum Gasteiger partial charge on any atom is 0.327 e. The van der Waals surface area contributed by atoms with Crippen LogP contribution in [0.25, 0.3) is 6.08 Å². The molecule has 4 fully saturated rings. The molecule has 13 nitrogen and oxygen atoms in total. The number of carbonyl (C=O) groups excluding carboxylic acids is 3. The summed E-state index contributed by atoms with van der Waals surface area (Å²) in [4.78, 5) is 46.6. The van der Waals surface area contributed by atoms with Crippen molar-refractivity contribution in [3.63, 3.8) is 0 Å². The molecule has 3 saturated heterocycles. The van der Waals surface area contributed by atoms with Gasteiger partial charge < -0.3 is 39.2 Å². The standard InChI is InChI=1S/C30H40N2O11/c1-29(2,3)42-22(35)9-8-20(16-34)31-28(37)30-14-21-23-24(40-17-39-23)26(30)43-32(25(30)27(36)41-21)15-19-7-5-4-6-18(19)10-12-38-13-11-33/h4-7,10,12,20-21,23-26,33-34H,8-9,11,13-17H2,1-3H3,(H,31,37)/t20-,21+,23-,24-,25-,26+,30-/m0/s1. The van der Waals surface area contributed by atoms with Crippen molar-refractivity contribution in [2.24, 2.45) is 5.41 Å². The maximum absolute atomic E-state index is 14.2. The van der Waals surface area contributed by atoms with Crippen LogP contribution < -0.4 is 5.32 Å². The highest BCUT2D eigenvalue weighted by molar-refractivity contribution is 5.93. The summed E-state index contributed by atoms with van der Waals surface area (Å²) in [6.45, 7) is 5.03. The molecule has 1 aromatic carbocycles. The van der Waals surface area contributed by atoms with Crippen LogP contribution in [0.15, 0.2) is 30.5 Å². The lowest BCUT2D eigenvalue weighted by molar-refractivity contribution is -0.201. The van der Waals surface area contributed by atoms with Gasteiger partial charge in [-0.05, 0) is 44.4 Å². The molecule has 43 heavy (non-hydrogen) atoms. The third-order valence-corrected chi connectivity index (χ3v) is 8.10. The minimum absolute atomic E-state index is 0.0100. The zero-order chi connectivity index (χ0) is 30.8. The lowest BCUT2D eigenvalue weighted by Crippen LogP contribution is -2.70. The highest BCUT2D eigenvalue weighted by Gasteiger charge is 2.74. The molecule has 13 heteroatoms. The van der Waals surface area contributed by atoms with Crippen molar-refractivity contribution in [2.75, 3.05) is 26.6 Å². The van der Waals surface area contributed by atoms with Gasteiger partial charge in [-0.2, -0.15) is 5.06 Å². The Kier molecular flexibility index (Phi) is 9.40. The van der Waals surface area contributed by atoms with Crippen molar-refractivity contribution >= 4 is 23.9 Å². The number of esters is 2. The van der Waals surface area contributed by atoms with E-state index in [0.717, 1.165) is 11.1 Å². The quantitative estimate of drug-likeness (QED) is 0.175. The molecule has 0 aromatic heterocycles. The summed E-state index contributed by atoms with van der Waals surface area (Å²) in [6, 6.07) is 5.58. The second kappa shape index (κ2) is 12.9. The molecule has 3 N–H and O–H groups in total. The predicted octanol–water partition coefficient (Wildman–Crippen LogP) is 0.807. The van der Waals surface area contributed by atoms with Crippen molar-refractivity contribution in [2.45, 2.75) is 88.7 Å². The fourth-order valence-electron chi connectivity index (χ4n) is 6.30. The molecule has 0 spiro atoms. The maximum atomic E-state index is 14.2. The van der Waals surface area contributed by atoms with Crippen molar-refractivity contribution in [3.05, 3.63) is 41.7 Å². The van der Waals surface area contributed by atoms with Crippen LogP contribution in [0.1, 0.15) is 51.2 Å². The molecule has 2 bridgehead atoms. The largest absolute Gasteiger partial charge is 0.499 e. The fourth-order valence-corrected chi connectivity index (χ4v) is 6.30. The van der Waals surface area contributed by atoms with E-state index in [9.17, 15) is 19.5 Å². The molecule has 1 amide bonds. The van der Waals surface area contributed by atoms with Crippen LogP contribution >= 0.6 is 0 Å². The van der Waals surface area contributed by atoms with E-state index >= 15 is 0 Å². The topological polar surface area (TPSA) is 162 Å². The van der Waals surface area contributed by atoms with Crippen LogP contribution in [-0.4, -0.2) is 102 Å². The molecule has 5 rings (SSSR count). The number of benzene rings is 1. The molecule has 4 aliphatic rings. The molecule has 0 unspecified atom stereocenters. The lowest BCUT2D eigenvalue weighted by atomic mass is 9.62. The van der Waals surface area contributed by atoms with Crippen LogP contribution in [0, 0.1) is 5.41 Å². The van der Waals surface area contributed by atoms with Crippen molar-refractivity contribution in [1.82, 2.24) is 10.4 Å². The number of aliphatic hydroxyl groups is 2. The van der Waals surface area contributed by atoms with Crippen LogP contribution in [-0.2, 0) is 49.5 Å². The third kappa shape index (κ3) is 6.42. The molecule has 7 atom stereocenters. The second-order valence-corrected chi connectivity index (χ2v) is 12.2. The average molecular weight is 605 g/mol. The lowest BCUT2D eigenvalue weighted by Gasteiger charge is -2.49. The Morgan fingerprint density at radius 2 is 1.98 bits per heavy atom. The van der Waals surface area contributed by atoms with E-state index in [0.29, 0.717) is 0 Å². The van der Waals surface area contributed by atoms with E-state index in [2.05, 4.69) is 5.32 Å². The average Bonchev–Trinajstić information content (AvgIpc) is 3.58. The number of nitrogens with one attached hydrogen (secondary N) is 1. The van der Waals surface area contributed by atoms with Crippen LogP contribution in [0.2, 0.25) is 0 Å². The van der Waals surface area contributed by atoms with Gasteiger partial charge in [0.1, 0.15) is 48.8 Å². The first-order chi connectivity index (χ1) is 20.6. The van der Waals surface area contributed by atoms with E-state index < -0.39 is 72.0 Å².